The Morgan fingerprint density at radius 1 is 1.07 bits per heavy atom. The first-order valence-electron chi connectivity index (χ1n) is 9.24. The molecule has 30 heavy (non-hydrogen) atoms. The number of amides is 1. The van der Waals surface area contributed by atoms with Crippen LogP contribution < -0.4 is 10.1 Å². The summed E-state index contributed by atoms with van der Waals surface area (Å²) in [6, 6.07) is 15.3. The number of hydrogen-bond donors (Lipinski definition) is 1. The van der Waals surface area contributed by atoms with Gasteiger partial charge in [-0.1, -0.05) is 18.2 Å². The van der Waals surface area contributed by atoms with E-state index >= 15 is 0 Å². The minimum Gasteiger partial charge on any atom is -0.489 e. The topological polar surface area (TPSA) is 85.4 Å². The van der Waals surface area contributed by atoms with Gasteiger partial charge in [-0.2, -0.15) is 0 Å². The second kappa shape index (κ2) is 9.49. The molecule has 0 fully saturated rings. The Hall–Kier alpha value is -3.26. The Morgan fingerprint density at radius 2 is 1.77 bits per heavy atom. The van der Waals surface area contributed by atoms with E-state index in [9.17, 15) is 17.6 Å². The summed E-state index contributed by atoms with van der Waals surface area (Å²) < 4.78 is 43.8. The average molecular weight is 428 g/mol. The van der Waals surface area contributed by atoms with Crippen LogP contribution in [0, 0.1) is 5.82 Å². The smallest absolute Gasteiger partial charge is 0.238 e. The van der Waals surface area contributed by atoms with E-state index in [0.717, 1.165) is 35.4 Å². The van der Waals surface area contributed by atoms with Crippen LogP contribution in [-0.4, -0.2) is 24.6 Å². The number of carbonyl (C=O) groups is 1. The number of ether oxygens (including phenoxy) is 1. The molecule has 1 heterocycles. The Morgan fingerprint density at radius 3 is 2.40 bits per heavy atom. The number of benzene rings is 2. The highest BCUT2D eigenvalue weighted by molar-refractivity contribution is 7.92. The molecule has 0 radical (unpaired) electrons. The van der Waals surface area contributed by atoms with E-state index in [0.29, 0.717) is 12.4 Å². The number of nitrogens with zero attached hydrogens (tertiary/aromatic N) is 1. The lowest BCUT2D eigenvalue weighted by molar-refractivity contribution is -0.120. The third-order valence-corrected chi connectivity index (χ3v) is 6.57. The lowest BCUT2D eigenvalue weighted by atomic mass is 10.2. The first kappa shape index (κ1) is 21.4. The summed E-state index contributed by atoms with van der Waals surface area (Å²) in [4.78, 5) is 16.3. The van der Waals surface area contributed by atoms with Gasteiger partial charge in [0.15, 0.2) is 9.84 Å². The van der Waals surface area contributed by atoms with Crippen molar-refractivity contribution in [3.05, 3.63) is 90.0 Å². The predicted octanol–water partition coefficient (Wildman–Crippen LogP) is 3.28. The van der Waals surface area contributed by atoms with Crippen LogP contribution in [0.15, 0.2) is 78.0 Å². The molecule has 2 aromatic carbocycles. The van der Waals surface area contributed by atoms with Gasteiger partial charge in [-0.05, 0) is 55.0 Å². The standard InChI is InChI=1S/C22H21FN2O4S/c1-16(30(27,28)21-10-6-19(23)7-11-21)22(26)25-14-17-4-8-20(9-5-17)29-15-18-3-2-12-24-13-18/h2-13,16H,14-15H2,1H3,(H,25,26). The summed E-state index contributed by atoms with van der Waals surface area (Å²) in [6.45, 7) is 1.87. The number of sulfone groups is 1. The highest BCUT2D eigenvalue weighted by Crippen LogP contribution is 2.17. The molecule has 0 aliphatic heterocycles. The minimum atomic E-state index is -3.90. The highest BCUT2D eigenvalue weighted by Gasteiger charge is 2.29. The van der Waals surface area contributed by atoms with Gasteiger partial charge in [0.25, 0.3) is 0 Å². The maximum absolute atomic E-state index is 13.0. The van der Waals surface area contributed by atoms with Crippen LogP contribution in [0.25, 0.3) is 0 Å². The van der Waals surface area contributed by atoms with Crippen LogP contribution in [0.3, 0.4) is 0 Å². The van der Waals surface area contributed by atoms with Crippen LogP contribution in [0.1, 0.15) is 18.1 Å². The minimum absolute atomic E-state index is 0.0957. The average Bonchev–Trinajstić information content (AvgIpc) is 2.77. The molecule has 0 aliphatic rings. The summed E-state index contributed by atoms with van der Waals surface area (Å²) in [5.41, 5.74) is 1.74. The number of pyridine rings is 1. The first-order valence-corrected chi connectivity index (χ1v) is 10.8. The molecule has 0 bridgehead atoms. The van der Waals surface area contributed by atoms with Gasteiger partial charge in [0, 0.05) is 24.5 Å². The molecule has 1 amide bonds. The number of aromatic nitrogens is 1. The molecule has 1 N–H and O–H groups in total. The highest BCUT2D eigenvalue weighted by atomic mass is 32.2. The zero-order valence-electron chi connectivity index (χ0n) is 16.3. The van der Waals surface area contributed by atoms with E-state index in [4.69, 9.17) is 4.74 Å². The maximum Gasteiger partial charge on any atom is 0.238 e. The number of rotatable bonds is 8. The van der Waals surface area contributed by atoms with Crippen LogP contribution in [-0.2, 0) is 27.8 Å². The molecule has 1 unspecified atom stereocenters. The van der Waals surface area contributed by atoms with E-state index in [1.54, 1.807) is 36.7 Å². The molecule has 0 saturated heterocycles. The fourth-order valence-corrected chi connectivity index (χ4v) is 3.94. The predicted molar refractivity (Wildman–Crippen MR) is 110 cm³/mol. The van der Waals surface area contributed by atoms with Crippen molar-refractivity contribution in [1.29, 1.82) is 0 Å². The van der Waals surface area contributed by atoms with Crippen molar-refractivity contribution in [2.45, 2.75) is 30.2 Å². The fraction of sp³-hybridized carbons (Fsp3) is 0.182. The summed E-state index contributed by atoms with van der Waals surface area (Å²) in [6.07, 6.45) is 3.42. The second-order valence-electron chi connectivity index (χ2n) is 6.65. The molecule has 3 rings (SSSR count). The molecule has 0 spiro atoms. The van der Waals surface area contributed by atoms with Gasteiger partial charge in [-0.15, -0.1) is 0 Å². The summed E-state index contributed by atoms with van der Waals surface area (Å²) in [7, 11) is -3.90. The molecular formula is C22H21FN2O4S. The van der Waals surface area contributed by atoms with Crippen LogP contribution in [0.4, 0.5) is 4.39 Å². The van der Waals surface area contributed by atoms with Gasteiger partial charge < -0.3 is 10.1 Å². The lowest BCUT2D eigenvalue weighted by Gasteiger charge is -2.14. The Bertz CT molecular complexity index is 1090. The maximum atomic E-state index is 13.0. The van der Waals surface area contributed by atoms with E-state index in [1.807, 2.05) is 12.1 Å². The van der Waals surface area contributed by atoms with Crippen molar-refractivity contribution in [1.82, 2.24) is 10.3 Å². The second-order valence-corrected chi connectivity index (χ2v) is 8.92. The molecule has 1 atom stereocenters. The monoisotopic (exact) mass is 428 g/mol. The van der Waals surface area contributed by atoms with Crippen molar-refractivity contribution in [3.63, 3.8) is 0 Å². The number of carbonyl (C=O) groups excluding carboxylic acids is 1. The van der Waals surface area contributed by atoms with Gasteiger partial charge >= 0.3 is 0 Å². The van der Waals surface area contributed by atoms with Crippen LogP contribution in [0.5, 0.6) is 5.75 Å². The normalized spacial score (nSPS) is 12.2. The van der Waals surface area contributed by atoms with Gasteiger partial charge in [0.05, 0.1) is 4.90 Å². The molecule has 0 saturated carbocycles. The molecule has 3 aromatic rings. The quantitative estimate of drug-likeness (QED) is 0.557. The SMILES string of the molecule is CC(C(=O)NCc1ccc(OCc2cccnc2)cc1)S(=O)(=O)c1ccc(F)cc1. The number of halogens is 1. The third kappa shape index (κ3) is 5.42. The molecule has 0 aliphatic carbocycles. The third-order valence-electron chi connectivity index (χ3n) is 4.50. The number of nitrogens with one attached hydrogen (secondary N) is 1. The molecule has 8 heteroatoms. The first-order chi connectivity index (χ1) is 14.4. The molecule has 6 nitrogen and oxygen atoms in total. The van der Waals surface area contributed by atoms with Gasteiger partial charge in [0.2, 0.25) is 5.91 Å². The van der Waals surface area contributed by atoms with Crippen molar-refractivity contribution >= 4 is 15.7 Å². The van der Waals surface area contributed by atoms with Crippen LogP contribution in [0.2, 0.25) is 0 Å². The van der Waals surface area contributed by atoms with E-state index in [-0.39, 0.29) is 11.4 Å². The Labute approximate surface area is 174 Å². The summed E-state index contributed by atoms with van der Waals surface area (Å²) >= 11 is 0. The molecule has 1 aromatic heterocycles. The van der Waals surface area contributed by atoms with Gasteiger partial charge in [0.1, 0.15) is 23.4 Å². The zero-order valence-corrected chi connectivity index (χ0v) is 17.1. The van der Waals surface area contributed by atoms with Gasteiger partial charge in [-0.3, -0.25) is 9.78 Å². The Balaban J connectivity index is 1.54. The van der Waals surface area contributed by atoms with Crippen molar-refractivity contribution in [3.8, 4) is 5.75 Å². The molecule has 156 valence electrons. The van der Waals surface area contributed by atoms with Crippen molar-refractivity contribution in [2.24, 2.45) is 0 Å². The van der Waals surface area contributed by atoms with E-state index in [1.165, 1.54) is 6.92 Å². The largest absolute Gasteiger partial charge is 0.489 e. The summed E-state index contributed by atoms with van der Waals surface area (Å²) in [5.74, 6) is -0.503. The van der Waals surface area contributed by atoms with Gasteiger partial charge in [-0.25, -0.2) is 12.8 Å². The Kier molecular flexibility index (Phi) is 6.79. The molecular weight excluding hydrogens is 407 g/mol. The lowest BCUT2D eigenvalue weighted by Crippen LogP contribution is -2.37. The van der Waals surface area contributed by atoms with Crippen molar-refractivity contribution < 1.29 is 22.3 Å². The number of hydrogen-bond acceptors (Lipinski definition) is 5. The summed E-state index contributed by atoms with van der Waals surface area (Å²) in [5, 5.41) is 1.32. The van der Waals surface area contributed by atoms with E-state index in [2.05, 4.69) is 10.3 Å². The fourth-order valence-electron chi connectivity index (χ4n) is 2.66. The zero-order chi connectivity index (χ0) is 21.6. The van der Waals surface area contributed by atoms with E-state index < -0.39 is 26.8 Å². The van der Waals surface area contributed by atoms with Crippen molar-refractivity contribution in [2.75, 3.05) is 0 Å². The van der Waals surface area contributed by atoms with Crippen LogP contribution >= 0.6 is 0 Å².